The van der Waals surface area contributed by atoms with Gasteiger partial charge in [-0.25, -0.2) is 0 Å². The van der Waals surface area contributed by atoms with Gasteiger partial charge in [-0.3, -0.25) is 9.59 Å². The predicted molar refractivity (Wildman–Crippen MR) is 78.7 cm³/mol. The molecule has 0 unspecified atom stereocenters. The van der Waals surface area contributed by atoms with Crippen LogP contribution in [-0.4, -0.2) is 47.6 Å². The maximum absolute atomic E-state index is 11.8. The number of phenolic OH excluding ortho intramolecular Hbond substituents is 1. The van der Waals surface area contributed by atoms with Crippen molar-refractivity contribution < 1.29 is 19.4 Å². The van der Waals surface area contributed by atoms with E-state index in [-0.39, 0.29) is 18.3 Å². The van der Waals surface area contributed by atoms with Crippen LogP contribution in [-0.2, 0) is 20.7 Å². The van der Waals surface area contributed by atoms with Gasteiger partial charge in [-0.2, -0.15) is 0 Å². The van der Waals surface area contributed by atoms with Crippen molar-refractivity contribution in [3.05, 3.63) is 29.8 Å². The van der Waals surface area contributed by atoms with E-state index in [0.29, 0.717) is 19.5 Å². The Balaban J connectivity index is 2.44. The molecule has 1 aromatic carbocycles. The first-order valence-corrected chi connectivity index (χ1v) is 6.95. The van der Waals surface area contributed by atoms with E-state index in [1.165, 1.54) is 12.1 Å². The third kappa shape index (κ3) is 5.43. The van der Waals surface area contributed by atoms with Crippen molar-refractivity contribution in [1.82, 2.24) is 4.90 Å². The molecule has 1 rings (SSSR count). The van der Waals surface area contributed by atoms with Crippen LogP contribution in [0.25, 0.3) is 0 Å². The first-order chi connectivity index (χ1) is 9.97. The number of nitrogens with zero attached hydrogens (tertiary/aromatic N) is 1. The van der Waals surface area contributed by atoms with E-state index in [2.05, 4.69) is 0 Å². The molecule has 21 heavy (non-hydrogen) atoms. The van der Waals surface area contributed by atoms with Crippen molar-refractivity contribution >= 4 is 11.9 Å². The first-order valence-electron chi connectivity index (χ1n) is 6.95. The Morgan fingerprint density at radius 1 is 1.24 bits per heavy atom. The second kappa shape index (κ2) is 8.26. The van der Waals surface area contributed by atoms with E-state index >= 15 is 0 Å². The fraction of sp³-hybridized carbons (Fsp3) is 0.467. The van der Waals surface area contributed by atoms with Gasteiger partial charge in [0.1, 0.15) is 11.8 Å². The Morgan fingerprint density at radius 2 is 1.81 bits per heavy atom. The van der Waals surface area contributed by atoms with Crippen LogP contribution in [0.15, 0.2) is 24.3 Å². The quantitative estimate of drug-likeness (QED) is 0.721. The molecule has 116 valence electrons. The number of esters is 1. The lowest BCUT2D eigenvalue weighted by atomic mass is 10.1. The molecule has 0 aliphatic carbocycles. The summed E-state index contributed by atoms with van der Waals surface area (Å²) in [5, 5.41) is 9.18. The van der Waals surface area contributed by atoms with Gasteiger partial charge in [0.25, 0.3) is 5.91 Å². The minimum atomic E-state index is -0.834. The molecule has 3 N–H and O–H groups in total. The molecule has 1 atom stereocenters. The number of aromatic hydroxyl groups is 1. The smallest absolute Gasteiger partial charge is 0.323 e. The second-order valence-corrected chi connectivity index (χ2v) is 4.65. The normalized spacial score (nSPS) is 11.8. The van der Waals surface area contributed by atoms with Crippen LogP contribution in [0.1, 0.15) is 19.4 Å². The number of carbonyl (C=O) groups excluding carboxylic acids is 2. The number of likely N-dealkylation sites (N-methyl/N-ethyl adjacent to an activating group) is 1. The number of nitrogens with two attached hydrogens (primary N) is 1. The average Bonchev–Trinajstić information content (AvgIpc) is 2.48. The lowest BCUT2D eigenvalue weighted by Gasteiger charge is -2.19. The van der Waals surface area contributed by atoms with Gasteiger partial charge in [0.05, 0.1) is 0 Å². The summed E-state index contributed by atoms with van der Waals surface area (Å²) in [7, 11) is 0. The van der Waals surface area contributed by atoms with Crippen LogP contribution in [0.4, 0.5) is 0 Å². The molecular weight excluding hydrogens is 272 g/mol. The number of amides is 1. The Hall–Kier alpha value is -2.08. The molecule has 0 aliphatic heterocycles. The van der Waals surface area contributed by atoms with Gasteiger partial charge in [-0.15, -0.1) is 0 Å². The molecule has 0 fully saturated rings. The zero-order valence-electron chi connectivity index (χ0n) is 12.4. The fourth-order valence-electron chi connectivity index (χ4n) is 1.88. The highest BCUT2D eigenvalue weighted by Crippen LogP contribution is 2.11. The molecule has 0 spiro atoms. The van der Waals surface area contributed by atoms with Crippen LogP contribution in [0, 0.1) is 0 Å². The van der Waals surface area contributed by atoms with Gasteiger partial charge < -0.3 is 20.5 Å². The number of hydrogen-bond donors (Lipinski definition) is 2. The van der Waals surface area contributed by atoms with Crippen molar-refractivity contribution in [3.8, 4) is 5.75 Å². The SMILES string of the molecule is CCN(CC)C(=O)COC(=O)[C@@H](N)Cc1ccc(O)cc1. The molecule has 1 aromatic rings. The Morgan fingerprint density at radius 3 is 2.33 bits per heavy atom. The standard InChI is InChI=1S/C15H22N2O4/c1-3-17(4-2)14(19)10-21-15(20)13(16)9-11-5-7-12(18)8-6-11/h5-8,13,18H,3-4,9-10,16H2,1-2H3/t13-/m0/s1. The van der Waals surface area contributed by atoms with Gasteiger partial charge >= 0.3 is 5.97 Å². The molecule has 6 heteroatoms. The van der Waals surface area contributed by atoms with Crippen molar-refractivity contribution in [3.63, 3.8) is 0 Å². The summed E-state index contributed by atoms with van der Waals surface area (Å²) in [6, 6.07) is 5.58. The molecular formula is C15H22N2O4. The number of hydrogen-bond acceptors (Lipinski definition) is 5. The van der Waals surface area contributed by atoms with Gasteiger partial charge in [-0.1, -0.05) is 12.1 Å². The summed E-state index contributed by atoms with van der Waals surface area (Å²) in [5.41, 5.74) is 6.57. The zero-order chi connectivity index (χ0) is 15.8. The van der Waals surface area contributed by atoms with Crippen molar-refractivity contribution in [2.45, 2.75) is 26.3 Å². The minimum Gasteiger partial charge on any atom is -0.508 e. The molecule has 0 saturated carbocycles. The van der Waals surface area contributed by atoms with Crippen LogP contribution >= 0.6 is 0 Å². The Labute approximate surface area is 124 Å². The summed E-state index contributed by atoms with van der Waals surface area (Å²) in [6.45, 7) is 4.59. The van der Waals surface area contributed by atoms with Crippen LogP contribution in [0.5, 0.6) is 5.75 Å². The highest BCUT2D eigenvalue weighted by atomic mass is 16.5. The maximum atomic E-state index is 11.8. The van der Waals surface area contributed by atoms with E-state index in [1.807, 2.05) is 13.8 Å². The first kappa shape index (κ1) is 17.0. The Kier molecular flexibility index (Phi) is 6.68. The zero-order valence-corrected chi connectivity index (χ0v) is 12.4. The number of ether oxygens (including phenoxy) is 1. The summed E-state index contributed by atoms with van der Waals surface area (Å²) >= 11 is 0. The summed E-state index contributed by atoms with van der Waals surface area (Å²) in [4.78, 5) is 25.0. The number of rotatable bonds is 7. The summed E-state index contributed by atoms with van der Waals surface area (Å²) < 4.78 is 4.94. The topological polar surface area (TPSA) is 92.9 Å². The number of carbonyl (C=O) groups is 2. The fourth-order valence-corrected chi connectivity index (χ4v) is 1.88. The monoisotopic (exact) mass is 294 g/mol. The molecule has 0 bridgehead atoms. The lowest BCUT2D eigenvalue weighted by Crippen LogP contribution is -2.39. The van der Waals surface area contributed by atoms with Crippen molar-refractivity contribution in [2.75, 3.05) is 19.7 Å². The number of benzene rings is 1. The molecule has 0 saturated heterocycles. The second-order valence-electron chi connectivity index (χ2n) is 4.65. The predicted octanol–water partition coefficient (Wildman–Crippen LogP) is 0.674. The van der Waals surface area contributed by atoms with E-state index in [9.17, 15) is 14.7 Å². The minimum absolute atomic E-state index is 0.153. The van der Waals surface area contributed by atoms with Gasteiger partial charge in [0.15, 0.2) is 6.61 Å². The van der Waals surface area contributed by atoms with Crippen molar-refractivity contribution in [2.24, 2.45) is 5.73 Å². The molecule has 0 radical (unpaired) electrons. The molecule has 1 amide bonds. The van der Waals surface area contributed by atoms with E-state index < -0.39 is 12.0 Å². The van der Waals surface area contributed by atoms with E-state index in [1.54, 1.807) is 17.0 Å². The van der Waals surface area contributed by atoms with E-state index in [0.717, 1.165) is 5.56 Å². The summed E-state index contributed by atoms with van der Waals surface area (Å²) in [5.74, 6) is -0.687. The molecule has 0 heterocycles. The van der Waals surface area contributed by atoms with Gasteiger partial charge in [-0.05, 0) is 38.0 Å². The highest BCUT2D eigenvalue weighted by Gasteiger charge is 2.18. The maximum Gasteiger partial charge on any atom is 0.323 e. The van der Waals surface area contributed by atoms with Crippen LogP contribution < -0.4 is 5.73 Å². The van der Waals surface area contributed by atoms with Crippen LogP contribution in [0.3, 0.4) is 0 Å². The largest absolute Gasteiger partial charge is 0.508 e. The summed E-state index contributed by atoms with van der Waals surface area (Å²) in [6.07, 6.45) is 0.290. The highest BCUT2D eigenvalue weighted by molar-refractivity contribution is 5.82. The van der Waals surface area contributed by atoms with Crippen LogP contribution in [0.2, 0.25) is 0 Å². The lowest BCUT2D eigenvalue weighted by molar-refractivity contribution is -0.153. The van der Waals surface area contributed by atoms with Gasteiger partial charge in [0.2, 0.25) is 0 Å². The molecule has 0 aliphatic rings. The van der Waals surface area contributed by atoms with E-state index in [4.69, 9.17) is 10.5 Å². The molecule has 0 aromatic heterocycles. The third-order valence-electron chi connectivity index (χ3n) is 3.15. The number of phenols is 1. The third-order valence-corrected chi connectivity index (χ3v) is 3.15. The van der Waals surface area contributed by atoms with Crippen molar-refractivity contribution in [1.29, 1.82) is 0 Å². The molecule has 6 nitrogen and oxygen atoms in total. The van der Waals surface area contributed by atoms with Gasteiger partial charge in [0, 0.05) is 13.1 Å². The average molecular weight is 294 g/mol. The Bertz CT molecular complexity index is 469.